The Morgan fingerprint density at radius 2 is 1.89 bits per heavy atom. The van der Waals surface area contributed by atoms with Crippen LogP contribution in [0.15, 0.2) is 48.5 Å². The molecule has 1 N–H and O–H groups in total. The first-order valence-corrected chi connectivity index (χ1v) is 9.00. The minimum absolute atomic E-state index is 0.00647. The summed E-state index contributed by atoms with van der Waals surface area (Å²) in [6, 6.07) is 14.8. The number of esters is 1. The Balaban J connectivity index is 1.80. The van der Waals surface area contributed by atoms with Gasteiger partial charge in [-0.05, 0) is 30.7 Å². The van der Waals surface area contributed by atoms with Crippen LogP contribution in [0.1, 0.15) is 25.3 Å². The van der Waals surface area contributed by atoms with Crippen LogP contribution in [0, 0.1) is 0 Å². The van der Waals surface area contributed by atoms with Crippen molar-refractivity contribution >= 4 is 29.2 Å². The summed E-state index contributed by atoms with van der Waals surface area (Å²) in [6.45, 7) is 2.12. The van der Waals surface area contributed by atoms with E-state index in [-0.39, 0.29) is 24.7 Å². The maximum Gasteiger partial charge on any atom is 0.306 e. The van der Waals surface area contributed by atoms with Gasteiger partial charge in [0.25, 0.3) is 5.91 Å². The van der Waals surface area contributed by atoms with Crippen molar-refractivity contribution in [2.24, 2.45) is 0 Å². The lowest BCUT2D eigenvalue weighted by molar-refractivity contribution is -0.141. The fourth-order valence-corrected chi connectivity index (χ4v) is 2.95. The number of anilines is 2. The summed E-state index contributed by atoms with van der Waals surface area (Å²) in [5.41, 5.74) is 2.11. The third kappa shape index (κ3) is 4.49. The number of nitrogens with zero attached hydrogens (tertiary/aromatic N) is 1. The van der Waals surface area contributed by atoms with Crippen LogP contribution in [-0.2, 0) is 25.7 Å². The number of hydrogen-bond acceptors (Lipinski definition) is 5. The van der Waals surface area contributed by atoms with Crippen molar-refractivity contribution < 1.29 is 23.9 Å². The zero-order valence-electron chi connectivity index (χ0n) is 15.8. The number of benzene rings is 2. The van der Waals surface area contributed by atoms with Crippen LogP contribution >= 0.6 is 0 Å². The number of ether oxygens (including phenoxy) is 2. The highest BCUT2D eigenvalue weighted by molar-refractivity contribution is 6.01. The zero-order chi connectivity index (χ0) is 20.1. The second-order valence-corrected chi connectivity index (χ2v) is 6.48. The summed E-state index contributed by atoms with van der Waals surface area (Å²) in [4.78, 5) is 37.6. The topological polar surface area (TPSA) is 84.9 Å². The number of rotatable bonds is 6. The molecule has 7 heteroatoms. The van der Waals surface area contributed by atoms with Gasteiger partial charge < -0.3 is 19.7 Å². The molecular formula is C21H22N2O5. The maximum atomic E-state index is 12.7. The molecule has 0 aromatic heterocycles. The van der Waals surface area contributed by atoms with Gasteiger partial charge in [0.2, 0.25) is 5.91 Å². The van der Waals surface area contributed by atoms with E-state index in [1.54, 1.807) is 30.0 Å². The van der Waals surface area contributed by atoms with E-state index < -0.39 is 12.1 Å². The van der Waals surface area contributed by atoms with Gasteiger partial charge in [0.1, 0.15) is 5.75 Å². The van der Waals surface area contributed by atoms with Crippen molar-refractivity contribution in [1.29, 1.82) is 0 Å². The number of hydrogen-bond donors (Lipinski definition) is 1. The Morgan fingerprint density at radius 1 is 1.14 bits per heavy atom. The second-order valence-electron chi connectivity index (χ2n) is 6.48. The normalized spacial score (nSPS) is 15.4. The number of carbonyl (C=O) groups excluding carboxylic acids is 3. The van der Waals surface area contributed by atoms with Crippen molar-refractivity contribution in [2.45, 2.75) is 32.4 Å². The van der Waals surface area contributed by atoms with Gasteiger partial charge in [-0.3, -0.25) is 14.4 Å². The highest BCUT2D eigenvalue weighted by atomic mass is 16.5. The largest absolute Gasteiger partial charge is 0.479 e. The molecule has 1 atom stereocenters. The fraction of sp³-hybridized carbons (Fsp3) is 0.286. The quantitative estimate of drug-likeness (QED) is 0.777. The first kappa shape index (κ1) is 19.4. The highest BCUT2D eigenvalue weighted by Gasteiger charge is 2.31. The van der Waals surface area contributed by atoms with Gasteiger partial charge >= 0.3 is 5.97 Å². The van der Waals surface area contributed by atoms with E-state index in [2.05, 4.69) is 10.1 Å². The number of amides is 2. The summed E-state index contributed by atoms with van der Waals surface area (Å²) in [7, 11) is 1.28. The van der Waals surface area contributed by atoms with E-state index >= 15 is 0 Å². The molecule has 0 radical (unpaired) electrons. The van der Waals surface area contributed by atoms with Crippen LogP contribution in [0.25, 0.3) is 0 Å². The summed E-state index contributed by atoms with van der Waals surface area (Å²) in [6.07, 6.45) is -0.562. The third-order valence-electron chi connectivity index (χ3n) is 4.42. The van der Waals surface area contributed by atoms with Crippen LogP contribution in [-0.4, -0.2) is 31.0 Å². The van der Waals surface area contributed by atoms with Crippen LogP contribution in [0.5, 0.6) is 5.75 Å². The Labute approximate surface area is 163 Å². The fourth-order valence-electron chi connectivity index (χ4n) is 2.95. The van der Waals surface area contributed by atoms with Crippen LogP contribution in [0.3, 0.4) is 0 Å². The molecule has 0 aliphatic carbocycles. The zero-order valence-corrected chi connectivity index (χ0v) is 15.8. The summed E-state index contributed by atoms with van der Waals surface area (Å²) in [5.74, 6) is -0.319. The Kier molecular flexibility index (Phi) is 5.93. The van der Waals surface area contributed by atoms with E-state index in [4.69, 9.17) is 4.74 Å². The molecule has 28 heavy (non-hydrogen) atoms. The standard InChI is InChI=1S/C21H22N2O5/c1-14-21(26)23(13-15-6-4-3-5-7-15)17-12-16(8-9-18(17)28-14)22-19(24)10-11-20(25)27-2/h3-9,12,14H,10-11,13H2,1-2H3,(H,22,24). The average Bonchev–Trinajstić information content (AvgIpc) is 2.70. The minimum atomic E-state index is -0.586. The van der Waals surface area contributed by atoms with Gasteiger partial charge in [-0.25, -0.2) is 0 Å². The molecule has 2 aromatic rings. The van der Waals surface area contributed by atoms with E-state index in [1.165, 1.54) is 7.11 Å². The summed E-state index contributed by atoms with van der Waals surface area (Å²) >= 11 is 0. The predicted octanol–water partition coefficient (Wildman–Crippen LogP) is 2.89. The van der Waals surface area contributed by atoms with Gasteiger partial charge in [0, 0.05) is 12.1 Å². The summed E-state index contributed by atoms with van der Waals surface area (Å²) in [5, 5.41) is 2.74. The van der Waals surface area contributed by atoms with E-state index in [0.29, 0.717) is 23.7 Å². The number of fused-ring (bicyclic) bond motifs is 1. The van der Waals surface area contributed by atoms with E-state index in [9.17, 15) is 14.4 Å². The van der Waals surface area contributed by atoms with Gasteiger partial charge in [0.15, 0.2) is 6.10 Å². The highest BCUT2D eigenvalue weighted by Crippen LogP contribution is 2.37. The molecule has 3 rings (SSSR count). The van der Waals surface area contributed by atoms with Gasteiger partial charge in [-0.1, -0.05) is 30.3 Å². The third-order valence-corrected chi connectivity index (χ3v) is 4.42. The SMILES string of the molecule is COC(=O)CCC(=O)Nc1ccc2c(c1)N(Cc1ccccc1)C(=O)C(C)O2. The Morgan fingerprint density at radius 3 is 2.61 bits per heavy atom. The lowest BCUT2D eigenvalue weighted by Crippen LogP contribution is -2.44. The van der Waals surface area contributed by atoms with Crippen molar-refractivity contribution in [3.05, 3.63) is 54.1 Å². The van der Waals surface area contributed by atoms with Crippen LogP contribution in [0.4, 0.5) is 11.4 Å². The lowest BCUT2D eigenvalue weighted by Gasteiger charge is -2.33. The molecule has 146 valence electrons. The van der Waals surface area contributed by atoms with Gasteiger partial charge in [-0.2, -0.15) is 0 Å². The number of nitrogens with one attached hydrogen (secondary N) is 1. The number of methoxy groups -OCH3 is 1. The summed E-state index contributed by atoms with van der Waals surface area (Å²) < 4.78 is 10.2. The first-order chi connectivity index (χ1) is 13.5. The molecule has 1 heterocycles. The van der Waals surface area contributed by atoms with Gasteiger partial charge in [0.05, 0.1) is 25.8 Å². The molecule has 1 unspecified atom stereocenters. The van der Waals surface area contributed by atoms with Crippen molar-refractivity contribution in [2.75, 3.05) is 17.3 Å². The van der Waals surface area contributed by atoms with Crippen molar-refractivity contribution in [1.82, 2.24) is 0 Å². The molecule has 1 aliphatic heterocycles. The molecule has 0 saturated carbocycles. The maximum absolute atomic E-state index is 12.7. The molecule has 1 aliphatic rings. The lowest BCUT2D eigenvalue weighted by atomic mass is 10.1. The second kappa shape index (κ2) is 8.56. The molecule has 0 spiro atoms. The van der Waals surface area contributed by atoms with Gasteiger partial charge in [-0.15, -0.1) is 0 Å². The van der Waals surface area contributed by atoms with E-state index in [0.717, 1.165) is 5.56 Å². The van der Waals surface area contributed by atoms with Crippen molar-refractivity contribution in [3.63, 3.8) is 0 Å². The molecule has 2 aromatic carbocycles. The predicted molar refractivity (Wildman–Crippen MR) is 104 cm³/mol. The first-order valence-electron chi connectivity index (χ1n) is 9.00. The van der Waals surface area contributed by atoms with Crippen LogP contribution < -0.4 is 15.0 Å². The Hall–Kier alpha value is -3.35. The van der Waals surface area contributed by atoms with Crippen LogP contribution in [0.2, 0.25) is 0 Å². The average molecular weight is 382 g/mol. The molecule has 0 bridgehead atoms. The number of carbonyl (C=O) groups is 3. The smallest absolute Gasteiger partial charge is 0.306 e. The molecule has 7 nitrogen and oxygen atoms in total. The molecule has 2 amide bonds. The molecule has 0 fully saturated rings. The Bertz CT molecular complexity index is 882. The van der Waals surface area contributed by atoms with E-state index in [1.807, 2.05) is 30.3 Å². The molecule has 0 saturated heterocycles. The molecular weight excluding hydrogens is 360 g/mol. The monoisotopic (exact) mass is 382 g/mol. The van der Waals surface area contributed by atoms with Crippen molar-refractivity contribution in [3.8, 4) is 5.75 Å². The minimum Gasteiger partial charge on any atom is -0.479 e.